The van der Waals surface area contributed by atoms with E-state index in [1.165, 1.54) is 7.11 Å². The van der Waals surface area contributed by atoms with E-state index >= 15 is 0 Å². The summed E-state index contributed by atoms with van der Waals surface area (Å²) in [5.41, 5.74) is -0.0486. The molecule has 31 heavy (non-hydrogen) atoms. The lowest BCUT2D eigenvalue weighted by atomic mass is 10.1. The van der Waals surface area contributed by atoms with E-state index in [1.54, 1.807) is 24.3 Å². The van der Waals surface area contributed by atoms with Crippen LogP contribution in [0.3, 0.4) is 0 Å². The molecule has 8 nitrogen and oxygen atoms in total. The highest BCUT2D eigenvalue weighted by Gasteiger charge is 2.42. The Labute approximate surface area is 195 Å². The maximum Gasteiger partial charge on any atom is 0.326 e. The van der Waals surface area contributed by atoms with Crippen LogP contribution in [0.2, 0.25) is 20.1 Å². The topological polar surface area (TPSA) is 102 Å². The smallest absolute Gasteiger partial charge is 0.326 e. The summed E-state index contributed by atoms with van der Waals surface area (Å²) in [5, 5.41) is 1.64. The summed E-state index contributed by atoms with van der Waals surface area (Å²) in [4.78, 5) is 49.8. The molecule has 0 radical (unpaired) electrons. The van der Waals surface area contributed by atoms with Gasteiger partial charge in [-0.15, -0.1) is 0 Å². The van der Waals surface area contributed by atoms with Crippen LogP contribution in [0, 0.1) is 0 Å². The number of benzene rings is 2. The SMILES string of the molecule is COc1ccc(NC(=O)COC(=O)CN2C(=O)c3c(Cl)c(Cl)c(Cl)c(Cl)c3C2=O)cc1. The second-order valence-electron chi connectivity index (χ2n) is 6.14. The van der Waals surface area contributed by atoms with Crippen molar-refractivity contribution in [3.8, 4) is 5.75 Å². The average Bonchev–Trinajstić information content (AvgIpc) is 3.00. The van der Waals surface area contributed by atoms with E-state index in [9.17, 15) is 19.2 Å². The van der Waals surface area contributed by atoms with E-state index in [4.69, 9.17) is 55.9 Å². The quantitative estimate of drug-likeness (QED) is 0.274. The molecule has 0 fully saturated rings. The van der Waals surface area contributed by atoms with Gasteiger partial charge >= 0.3 is 5.97 Å². The van der Waals surface area contributed by atoms with Crippen molar-refractivity contribution in [1.29, 1.82) is 0 Å². The Morgan fingerprint density at radius 2 is 1.42 bits per heavy atom. The van der Waals surface area contributed by atoms with Crippen LogP contribution in [0.4, 0.5) is 5.69 Å². The van der Waals surface area contributed by atoms with Gasteiger partial charge in [0.2, 0.25) is 0 Å². The number of esters is 1. The van der Waals surface area contributed by atoms with E-state index in [-0.39, 0.29) is 31.2 Å². The van der Waals surface area contributed by atoms with Gasteiger partial charge in [0.15, 0.2) is 6.61 Å². The Balaban J connectivity index is 1.62. The van der Waals surface area contributed by atoms with Crippen LogP contribution in [0.5, 0.6) is 5.75 Å². The number of ether oxygens (including phenoxy) is 2. The summed E-state index contributed by atoms with van der Waals surface area (Å²) < 4.78 is 9.86. The third kappa shape index (κ3) is 4.57. The molecule has 0 unspecified atom stereocenters. The molecule has 0 aliphatic carbocycles. The van der Waals surface area contributed by atoms with Gasteiger partial charge in [-0.3, -0.25) is 24.1 Å². The van der Waals surface area contributed by atoms with Crippen molar-refractivity contribution in [3.63, 3.8) is 0 Å². The Morgan fingerprint density at radius 3 is 1.90 bits per heavy atom. The molecule has 1 N–H and O–H groups in total. The van der Waals surface area contributed by atoms with Gasteiger partial charge in [-0.2, -0.15) is 0 Å². The molecule has 162 valence electrons. The van der Waals surface area contributed by atoms with E-state index < -0.39 is 36.8 Å². The van der Waals surface area contributed by atoms with Gasteiger partial charge in [-0.1, -0.05) is 46.4 Å². The fourth-order valence-corrected chi connectivity index (χ4v) is 3.75. The first-order valence-electron chi connectivity index (χ1n) is 8.47. The molecule has 2 aromatic carbocycles. The first kappa shape index (κ1) is 23.1. The van der Waals surface area contributed by atoms with E-state index in [0.717, 1.165) is 0 Å². The van der Waals surface area contributed by atoms with Crippen LogP contribution in [0.15, 0.2) is 24.3 Å². The van der Waals surface area contributed by atoms with Gasteiger partial charge in [-0.05, 0) is 24.3 Å². The lowest BCUT2D eigenvalue weighted by Gasteiger charge is -2.13. The van der Waals surface area contributed by atoms with Crippen molar-refractivity contribution in [2.24, 2.45) is 0 Å². The first-order chi connectivity index (χ1) is 14.6. The highest BCUT2D eigenvalue weighted by atomic mass is 35.5. The highest BCUT2D eigenvalue weighted by molar-refractivity contribution is 6.55. The van der Waals surface area contributed by atoms with Crippen LogP contribution in [-0.2, 0) is 14.3 Å². The van der Waals surface area contributed by atoms with Crippen molar-refractivity contribution in [2.75, 3.05) is 25.6 Å². The molecular formula is C19H12Cl4N2O6. The third-order valence-corrected chi connectivity index (χ3v) is 6.01. The fraction of sp³-hybridized carbons (Fsp3) is 0.158. The summed E-state index contributed by atoms with van der Waals surface area (Å²) in [6, 6.07) is 6.47. The molecule has 12 heteroatoms. The third-order valence-electron chi connectivity index (χ3n) is 4.21. The number of halogens is 4. The minimum atomic E-state index is -0.996. The number of rotatable bonds is 6. The van der Waals surface area contributed by atoms with Crippen molar-refractivity contribution in [3.05, 3.63) is 55.5 Å². The van der Waals surface area contributed by atoms with Crippen molar-refractivity contribution in [1.82, 2.24) is 4.90 Å². The maximum atomic E-state index is 12.6. The van der Waals surface area contributed by atoms with E-state index in [2.05, 4.69) is 5.32 Å². The Bertz CT molecular complexity index is 1060. The number of amides is 3. The fourth-order valence-electron chi connectivity index (χ4n) is 2.73. The number of fused-ring (bicyclic) bond motifs is 1. The lowest BCUT2D eigenvalue weighted by Crippen LogP contribution is -2.36. The van der Waals surface area contributed by atoms with Gasteiger partial charge < -0.3 is 14.8 Å². The summed E-state index contributed by atoms with van der Waals surface area (Å²) >= 11 is 23.9. The largest absolute Gasteiger partial charge is 0.497 e. The lowest BCUT2D eigenvalue weighted by molar-refractivity contribution is -0.147. The number of carbonyl (C=O) groups excluding carboxylic acids is 4. The van der Waals surface area contributed by atoms with Gasteiger partial charge in [-0.25, -0.2) is 0 Å². The van der Waals surface area contributed by atoms with Crippen molar-refractivity contribution in [2.45, 2.75) is 0 Å². The van der Waals surface area contributed by atoms with Crippen LogP contribution in [0.1, 0.15) is 20.7 Å². The number of methoxy groups -OCH3 is 1. The molecule has 3 amide bonds. The summed E-state index contributed by atoms with van der Waals surface area (Å²) in [7, 11) is 1.51. The van der Waals surface area contributed by atoms with Gasteiger partial charge in [0.05, 0.1) is 38.3 Å². The molecule has 1 aliphatic heterocycles. The molecule has 1 aliphatic rings. The predicted molar refractivity (Wildman–Crippen MR) is 114 cm³/mol. The molecule has 3 rings (SSSR count). The number of nitrogens with zero attached hydrogens (tertiary/aromatic N) is 1. The molecule has 0 bridgehead atoms. The molecule has 0 spiro atoms. The second-order valence-corrected chi connectivity index (χ2v) is 7.65. The van der Waals surface area contributed by atoms with Gasteiger partial charge in [0.25, 0.3) is 17.7 Å². The number of hydrogen-bond acceptors (Lipinski definition) is 6. The normalized spacial score (nSPS) is 12.6. The Hall–Kier alpha value is -2.52. The van der Waals surface area contributed by atoms with E-state index in [1.807, 2.05) is 0 Å². The second kappa shape index (κ2) is 9.32. The van der Waals surface area contributed by atoms with E-state index in [0.29, 0.717) is 16.3 Å². The molecule has 0 saturated carbocycles. The number of imide groups is 1. The first-order valence-corrected chi connectivity index (χ1v) is 9.98. The standard InChI is InChI=1S/C19H12Cl4N2O6/c1-30-9-4-2-8(3-5-9)24-10(26)7-31-11(27)6-25-18(28)12-13(19(25)29)15(21)17(23)16(22)14(12)20/h2-5H,6-7H2,1H3,(H,24,26). The zero-order chi connectivity index (χ0) is 22.9. The minimum absolute atomic E-state index is 0.187. The highest BCUT2D eigenvalue weighted by Crippen LogP contribution is 2.44. The predicted octanol–water partition coefficient (Wildman–Crippen LogP) is 4.09. The minimum Gasteiger partial charge on any atom is -0.497 e. The Kier molecular flexibility index (Phi) is 6.96. The molecule has 0 aromatic heterocycles. The molecule has 2 aromatic rings. The van der Waals surface area contributed by atoms with Gasteiger partial charge in [0, 0.05) is 5.69 Å². The average molecular weight is 506 g/mol. The van der Waals surface area contributed by atoms with Crippen molar-refractivity contribution >= 4 is 75.8 Å². The van der Waals surface area contributed by atoms with Crippen LogP contribution in [0.25, 0.3) is 0 Å². The molecule has 0 saturated heterocycles. The maximum absolute atomic E-state index is 12.6. The molecule has 1 heterocycles. The molecule has 0 atom stereocenters. The van der Waals surface area contributed by atoms with Crippen molar-refractivity contribution < 1.29 is 28.7 Å². The summed E-state index contributed by atoms with van der Waals surface area (Å²) in [5.74, 6) is -2.78. The molecular weight excluding hydrogens is 494 g/mol. The number of nitrogens with one attached hydrogen (secondary N) is 1. The summed E-state index contributed by atoms with van der Waals surface area (Å²) in [6.45, 7) is -1.39. The van der Waals surface area contributed by atoms with Crippen LogP contribution >= 0.6 is 46.4 Å². The number of carbonyl (C=O) groups is 4. The zero-order valence-electron chi connectivity index (χ0n) is 15.6. The van der Waals surface area contributed by atoms with Crippen LogP contribution < -0.4 is 10.1 Å². The monoisotopic (exact) mass is 504 g/mol. The Morgan fingerprint density at radius 1 is 0.903 bits per heavy atom. The summed E-state index contributed by atoms with van der Waals surface area (Å²) in [6.07, 6.45) is 0. The number of hydrogen-bond donors (Lipinski definition) is 1. The zero-order valence-corrected chi connectivity index (χ0v) is 18.7. The van der Waals surface area contributed by atoms with Gasteiger partial charge in [0.1, 0.15) is 12.3 Å². The van der Waals surface area contributed by atoms with Crippen LogP contribution in [-0.4, -0.2) is 48.9 Å². The number of anilines is 1.